The second-order valence-corrected chi connectivity index (χ2v) is 2.82. The van der Waals surface area contributed by atoms with Gasteiger partial charge >= 0.3 is 0 Å². The number of benzene rings is 1. The molecule has 1 rings (SSSR count). The Morgan fingerprint density at radius 1 is 1.08 bits per heavy atom. The molecule has 0 saturated carbocycles. The first-order valence-electron chi connectivity index (χ1n) is 4.25. The van der Waals surface area contributed by atoms with Gasteiger partial charge in [0.25, 0.3) is 0 Å². The third-order valence-corrected chi connectivity index (χ3v) is 1.98. The van der Waals surface area contributed by atoms with Gasteiger partial charge in [0.1, 0.15) is 0 Å². The Bertz CT molecular complexity index is 204. The average Bonchev–Trinajstić information content (AvgIpc) is 2.16. The molecule has 0 aliphatic rings. The molecule has 2 nitrogen and oxygen atoms in total. The van der Waals surface area contributed by atoms with E-state index < -0.39 is 0 Å². The summed E-state index contributed by atoms with van der Waals surface area (Å²) in [6.45, 7) is 0. The standard InChI is InChI=1S/C10H16N2/c1-11-10(12-2)8-9-6-4-3-5-7-9/h3-7,10-12H,8H2,1-2H3. The van der Waals surface area contributed by atoms with Gasteiger partial charge in [-0.05, 0) is 19.7 Å². The van der Waals surface area contributed by atoms with E-state index in [1.807, 2.05) is 20.2 Å². The third kappa shape index (κ3) is 2.64. The molecule has 0 fully saturated rings. The van der Waals surface area contributed by atoms with Gasteiger partial charge in [-0.3, -0.25) is 0 Å². The first-order chi connectivity index (χ1) is 5.86. The molecule has 0 radical (unpaired) electrons. The normalized spacial score (nSPS) is 10.6. The lowest BCUT2D eigenvalue weighted by Crippen LogP contribution is -2.39. The van der Waals surface area contributed by atoms with Crippen LogP contribution in [0.4, 0.5) is 0 Å². The molecule has 0 aromatic heterocycles. The molecule has 0 aliphatic carbocycles. The molecule has 0 amide bonds. The highest BCUT2D eigenvalue weighted by Gasteiger charge is 2.01. The first-order valence-corrected chi connectivity index (χ1v) is 4.25. The third-order valence-electron chi connectivity index (χ3n) is 1.98. The SMILES string of the molecule is CNC(Cc1ccccc1)NC. The smallest absolute Gasteiger partial charge is 0.0608 e. The van der Waals surface area contributed by atoms with Crippen LogP contribution < -0.4 is 10.6 Å². The van der Waals surface area contributed by atoms with Gasteiger partial charge in [-0.1, -0.05) is 30.3 Å². The van der Waals surface area contributed by atoms with Gasteiger partial charge in [0.05, 0.1) is 6.17 Å². The molecule has 0 spiro atoms. The van der Waals surface area contributed by atoms with E-state index in [0.29, 0.717) is 6.17 Å². The van der Waals surface area contributed by atoms with Crippen LogP contribution >= 0.6 is 0 Å². The summed E-state index contributed by atoms with van der Waals surface area (Å²) in [5, 5.41) is 6.38. The maximum atomic E-state index is 3.19. The van der Waals surface area contributed by atoms with Gasteiger partial charge in [-0.15, -0.1) is 0 Å². The minimum atomic E-state index is 0.368. The van der Waals surface area contributed by atoms with Gasteiger partial charge in [-0.25, -0.2) is 0 Å². The van der Waals surface area contributed by atoms with Crippen molar-refractivity contribution in [2.24, 2.45) is 0 Å². The van der Waals surface area contributed by atoms with Crippen LogP contribution in [0, 0.1) is 0 Å². The Morgan fingerprint density at radius 3 is 2.17 bits per heavy atom. The van der Waals surface area contributed by atoms with Crippen LogP contribution in [0.5, 0.6) is 0 Å². The Hall–Kier alpha value is -0.860. The molecule has 2 heteroatoms. The van der Waals surface area contributed by atoms with Crippen LogP contribution in [0.25, 0.3) is 0 Å². The molecule has 1 aromatic rings. The van der Waals surface area contributed by atoms with Crippen molar-refractivity contribution in [2.45, 2.75) is 12.6 Å². The van der Waals surface area contributed by atoms with Gasteiger partial charge in [0.2, 0.25) is 0 Å². The Morgan fingerprint density at radius 2 is 1.67 bits per heavy atom. The monoisotopic (exact) mass is 164 g/mol. The fourth-order valence-electron chi connectivity index (χ4n) is 1.20. The van der Waals surface area contributed by atoms with Crippen molar-refractivity contribution in [2.75, 3.05) is 14.1 Å². The molecular formula is C10H16N2. The van der Waals surface area contributed by atoms with E-state index >= 15 is 0 Å². The molecule has 0 unspecified atom stereocenters. The van der Waals surface area contributed by atoms with Crippen molar-refractivity contribution >= 4 is 0 Å². The lowest BCUT2D eigenvalue weighted by atomic mass is 10.1. The van der Waals surface area contributed by atoms with E-state index in [1.54, 1.807) is 0 Å². The largest absolute Gasteiger partial charge is 0.305 e. The van der Waals surface area contributed by atoms with Crippen LogP contribution in [0.1, 0.15) is 5.56 Å². The minimum absolute atomic E-state index is 0.368. The summed E-state index contributed by atoms with van der Waals surface area (Å²) in [6, 6.07) is 10.5. The van der Waals surface area contributed by atoms with Crippen molar-refractivity contribution < 1.29 is 0 Å². The van der Waals surface area contributed by atoms with Crippen LogP contribution in [-0.4, -0.2) is 20.3 Å². The van der Waals surface area contributed by atoms with Crippen LogP contribution in [0.3, 0.4) is 0 Å². The van der Waals surface area contributed by atoms with E-state index in [0.717, 1.165) is 6.42 Å². The molecule has 2 N–H and O–H groups in total. The zero-order valence-corrected chi connectivity index (χ0v) is 7.67. The van der Waals surface area contributed by atoms with E-state index in [9.17, 15) is 0 Å². The fourth-order valence-corrected chi connectivity index (χ4v) is 1.20. The van der Waals surface area contributed by atoms with Gasteiger partial charge < -0.3 is 10.6 Å². The highest BCUT2D eigenvalue weighted by Crippen LogP contribution is 2.00. The van der Waals surface area contributed by atoms with Crippen LogP contribution in [-0.2, 0) is 6.42 Å². The summed E-state index contributed by atoms with van der Waals surface area (Å²) < 4.78 is 0. The average molecular weight is 164 g/mol. The maximum absolute atomic E-state index is 3.19. The quantitative estimate of drug-likeness (QED) is 0.649. The summed E-state index contributed by atoms with van der Waals surface area (Å²) in [4.78, 5) is 0. The minimum Gasteiger partial charge on any atom is -0.305 e. The predicted molar refractivity (Wildman–Crippen MR) is 52.1 cm³/mol. The fraction of sp³-hybridized carbons (Fsp3) is 0.400. The molecule has 1 aromatic carbocycles. The molecule has 12 heavy (non-hydrogen) atoms. The van der Waals surface area contributed by atoms with Crippen molar-refractivity contribution in [3.63, 3.8) is 0 Å². The van der Waals surface area contributed by atoms with Gasteiger partial charge in [0, 0.05) is 6.42 Å². The summed E-state index contributed by atoms with van der Waals surface area (Å²) in [5.41, 5.74) is 1.35. The predicted octanol–water partition coefficient (Wildman–Crippen LogP) is 0.994. The van der Waals surface area contributed by atoms with E-state index in [1.165, 1.54) is 5.56 Å². The molecule has 0 atom stereocenters. The number of nitrogens with one attached hydrogen (secondary N) is 2. The zero-order valence-electron chi connectivity index (χ0n) is 7.67. The highest BCUT2D eigenvalue weighted by atomic mass is 15.1. The summed E-state index contributed by atoms with van der Waals surface area (Å²) in [7, 11) is 3.92. The van der Waals surface area contributed by atoms with Gasteiger partial charge in [0.15, 0.2) is 0 Å². The van der Waals surface area contributed by atoms with Crippen molar-refractivity contribution in [1.29, 1.82) is 0 Å². The van der Waals surface area contributed by atoms with Crippen molar-refractivity contribution in [3.05, 3.63) is 35.9 Å². The van der Waals surface area contributed by atoms with Crippen LogP contribution in [0.2, 0.25) is 0 Å². The molecule has 0 heterocycles. The molecule has 0 saturated heterocycles. The highest BCUT2D eigenvalue weighted by molar-refractivity contribution is 5.15. The number of hydrogen-bond acceptors (Lipinski definition) is 2. The maximum Gasteiger partial charge on any atom is 0.0608 e. The van der Waals surface area contributed by atoms with Gasteiger partial charge in [-0.2, -0.15) is 0 Å². The number of hydrogen-bond donors (Lipinski definition) is 2. The molecule has 0 bridgehead atoms. The summed E-state index contributed by atoms with van der Waals surface area (Å²) >= 11 is 0. The summed E-state index contributed by atoms with van der Waals surface area (Å²) in [5.74, 6) is 0. The van der Waals surface area contributed by atoms with Crippen molar-refractivity contribution in [3.8, 4) is 0 Å². The summed E-state index contributed by atoms with van der Waals surface area (Å²) in [6.07, 6.45) is 1.39. The lowest BCUT2D eigenvalue weighted by Gasteiger charge is -2.14. The molecule has 0 aliphatic heterocycles. The first kappa shape index (κ1) is 9.23. The van der Waals surface area contributed by atoms with E-state index in [4.69, 9.17) is 0 Å². The van der Waals surface area contributed by atoms with Crippen LogP contribution in [0.15, 0.2) is 30.3 Å². The van der Waals surface area contributed by atoms with Crippen molar-refractivity contribution in [1.82, 2.24) is 10.6 Å². The van der Waals surface area contributed by atoms with E-state index in [-0.39, 0.29) is 0 Å². The second kappa shape index (κ2) is 4.91. The Labute approximate surface area is 74.0 Å². The topological polar surface area (TPSA) is 24.1 Å². The lowest BCUT2D eigenvalue weighted by molar-refractivity contribution is 0.492. The second-order valence-electron chi connectivity index (χ2n) is 2.82. The Balaban J connectivity index is 2.51. The Kier molecular flexibility index (Phi) is 3.77. The molecular weight excluding hydrogens is 148 g/mol. The number of rotatable bonds is 4. The van der Waals surface area contributed by atoms with E-state index in [2.05, 4.69) is 34.9 Å². The zero-order chi connectivity index (χ0) is 8.81. The number of likely N-dealkylation sites (N-methyl/N-ethyl adjacent to an activating group) is 2. The molecule has 66 valence electrons.